The maximum atomic E-state index is 12.6. The Morgan fingerprint density at radius 1 is 1.33 bits per heavy atom. The number of carbonyl (C=O) groups excluding carboxylic acids is 3. The molecule has 0 saturated carbocycles. The van der Waals surface area contributed by atoms with Crippen molar-refractivity contribution >= 4 is 45.1 Å². The SMILES string of the molecule is CC(OC(=O)c1cc(Br)c[nH]1)C(=O)N1CC(=O)Nc2ccccc21. The third-order valence-electron chi connectivity index (χ3n) is 3.54. The van der Waals surface area contributed by atoms with E-state index in [1.165, 1.54) is 11.8 Å². The molecule has 0 bridgehead atoms. The van der Waals surface area contributed by atoms with Crippen LogP contribution >= 0.6 is 15.9 Å². The van der Waals surface area contributed by atoms with Gasteiger partial charge in [0.05, 0.1) is 11.4 Å². The van der Waals surface area contributed by atoms with E-state index in [9.17, 15) is 14.4 Å². The summed E-state index contributed by atoms with van der Waals surface area (Å²) in [6, 6.07) is 8.52. The zero-order valence-corrected chi connectivity index (χ0v) is 14.3. The highest BCUT2D eigenvalue weighted by atomic mass is 79.9. The van der Waals surface area contributed by atoms with Crippen molar-refractivity contribution in [2.24, 2.45) is 0 Å². The Balaban J connectivity index is 1.76. The van der Waals surface area contributed by atoms with Gasteiger partial charge >= 0.3 is 5.97 Å². The van der Waals surface area contributed by atoms with E-state index in [-0.39, 0.29) is 18.1 Å². The highest BCUT2D eigenvalue weighted by Gasteiger charge is 2.31. The molecule has 2 aromatic rings. The molecule has 1 aromatic heterocycles. The number of fused-ring (bicyclic) bond motifs is 1. The van der Waals surface area contributed by atoms with E-state index in [0.717, 1.165) is 0 Å². The van der Waals surface area contributed by atoms with Crippen molar-refractivity contribution in [1.82, 2.24) is 4.98 Å². The number of hydrogen-bond acceptors (Lipinski definition) is 4. The van der Waals surface area contributed by atoms with Gasteiger partial charge in [0, 0.05) is 10.7 Å². The molecular weight excluding hydrogens is 378 g/mol. The Morgan fingerprint density at radius 2 is 2.08 bits per heavy atom. The van der Waals surface area contributed by atoms with Gasteiger partial charge in [0.2, 0.25) is 5.91 Å². The van der Waals surface area contributed by atoms with E-state index in [0.29, 0.717) is 15.8 Å². The second kappa shape index (κ2) is 6.48. The summed E-state index contributed by atoms with van der Waals surface area (Å²) in [6.07, 6.45) is 0.562. The molecule has 124 valence electrons. The van der Waals surface area contributed by atoms with Crippen molar-refractivity contribution in [3.8, 4) is 0 Å². The van der Waals surface area contributed by atoms with Crippen molar-refractivity contribution < 1.29 is 19.1 Å². The van der Waals surface area contributed by atoms with Gasteiger partial charge in [-0.05, 0) is 41.1 Å². The van der Waals surface area contributed by atoms with Crippen LogP contribution in [0.2, 0.25) is 0 Å². The molecule has 24 heavy (non-hydrogen) atoms. The first-order chi connectivity index (χ1) is 11.5. The van der Waals surface area contributed by atoms with Crippen molar-refractivity contribution in [1.29, 1.82) is 0 Å². The van der Waals surface area contributed by atoms with Crippen LogP contribution in [0.1, 0.15) is 17.4 Å². The molecule has 7 nitrogen and oxygen atoms in total. The van der Waals surface area contributed by atoms with Crippen LogP contribution in [0, 0.1) is 0 Å². The van der Waals surface area contributed by atoms with Crippen LogP contribution in [-0.4, -0.2) is 35.4 Å². The van der Waals surface area contributed by atoms with Crippen molar-refractivity contribution in [2.75, 3.05) is 16.8 Å². The minimum atomic E-state index is -1.03. The number of amides is 2. The molecule has 3 rings (SSSR count). The Kier molecular flexibility index (Phi) is 4.39. The molecule has 2 amide bonds. The van der Waals surface area contributed by atoms with Crippen LogP contribution < -0.4 is 10.2 Å². The Morgan fingerprint density at radius 3 is 2.79 bits per heavy atom. The van der Waals surface area contributed by atoms with Gasteiger partial charge in [-0.3, -0.25) is 14.5 Å². The minimum absolute atomic E-state index is 0.119. The number of H-pyrrole nitrogens is 1. The molecule has 0 aliphatic carbocycles. The summed E-state index contributed by atoms with van der Waals surface area (Å²) in [5, 5.41) is 2.70. The molecule has 1 unspecified atom stereocenters. The molecule has 8 heteroatoms. The fraction of sp³-hybridized carbons (Fsp3) is 0.188. The fourth-order valence-corrected chi connectivity index (χ4v) is 2.75. The quantitative estimate of drug-likeness (QED) is 0.785. The maximum Gasteiger partial charge on any atom is 0.355 e. The second-order valence-electron chi connectivity index (χ2n) is 5.27. The van der Waals surface area contributed by atoms with Crippen LogP contribution in [0.3, 0.4) is 0 Å². The summed E-state index contributed by atoms with van der Waals surface area (Å²) in [7, 11) is 0. The number of carbonyl (C=O) groups is 3. The van der Waals surface area contributed by atoms with Gasteiger partial charge in [-0.1, -0.05) is 12.1 Å². The first-order valence-electron chi connectivity index (χ1n) is 7.21. The van der Waals surface area contributed by atoms with Gasteiger partial charge in [0.1, 0.15) is 12.2 Å². The third kappa shape index (κ3) is 3.18. The zero-order valence-electron chi connectivity index (χ0n) is 12.7. The molecular formula is C16H14BrN3O4. The normalized spacial score (nSPS) is 14.6. The molecule has 0 spiro atoms. The molecule has 1 aromatic carbocycles. The van der Waals surface area contributed by atoms with E-state index in [1.54, 1.807) is 36.5 Å². The predicted octanol–water partition coefficient (Wildman–Crippen LogP) is 2.31. The summed E-state index contributed by atoms with van der Waals surface area (Å²) >= 11 is 3.22. The molecule has 0 fully saturated rings. The topological polar surface area (TPSA) is 91.5 Å². The van der Waals surface area contributed by atoms with E-state index < -0.39 is 18.0 Å². The highest BCUT2D eigenvalue weighted by Crippen LogP contribution is 2.29. The Bertz CT molecular complexity index is 817. The second-order valence-corrected chi connectivity index (χ2v) is 6.18. The lowest BCUT2D eigenvalue weighted by Gasteiger charge is -2.30. The summed E-state index contributed by atoms with van der Waals surface area (Å²) in [6.45, 7) is 1.36. The Hall–Kier alpha value is -2.61. The lowest BCUT2D eigenvalue weighted by molar-refractivity contribution is -0.128. The first kappa shape index (κ1) is 16.3. The maximum absolute atomic E-state index is 12.6. The van der Waals surface area contributed by atoms with Crippen molar-refractivity contribution in [3.63, 3.8) is 0 Å². The van der Waals surface area contributed by atoms with E-state index in [1.807, 2.05) is 0 Å². The monoisotopic (exact) mass is 391 g/mol. The number of halogens is 1. The number of ether oxygens (including phenoxy) is 1. The lowest BCUT2D eigenvalue weighted by atomic mass is 10.1. The average Bonchev–Trinajstić information content (AvgIpc) is 3.00. The van der Waals surface area contributed by atoms with Crippen LogP contribution in [-0.2, 0) is 14.3 Å². The number of benzene rings is 1. The summed E-state index contributed by atoms with van der Waals surface area (Å²) in [5.41, 5.74) is 1.36. The molecule has 1 atom stereocenters. The van der Waals surface area contributed by atoms with Crippen LogP contribution in [0.5, 0.6) is 0 Å². The summed E-state index contributed by atoms with van der Waals surface area (Å²) < 4.78 is 5.90. The number of para-hydroxylation sites is 2. The highest BCUT2D eigenvalue weighted by molar-refractivity contribution is 9.10. The number of hydrogen-bond donors (Lipinski definition) is 2. The third-order valence-corrected chi connectivity index (χ3v) is 3.99. The minimum Gasteiger partial charge on any atom is -0.448 e. The summed E-state index contributed by atoms with van der Waals surface area (Å²) in [5.74, 6) is -1.40. The smallest absolute Gasteiger partial charge is 0.355 e. The average molecular weight is 392 g/mol. The van der Waals surface area contributed by atoms with Gasteiger partial charge in [0.25, 0.3) is 5.91 Å². The molecule has 2 heterocycles. The summed E-state index contributed by atoms with van der Waals surface area (Å²) in [4.78, 5) is 40.5. The number of nitrogens with zero attached hydrogens (tertiary/aromatic N) is 1. The largest absolute Gasteiger partial charge is 0.448 e. The fourth-order valence-electron chi connectivity index (χ4n) is 2.41. The number of aromatic amines is 1. The van der Waals surface area contributed by atoms with Gasteiger partial charge in [-0.15, -0.1) is 0 Å². The molecule has 1 aliphatic heterocycles. The van der Waals surface area contributed by atoms with E-state index in [2.05, 4.69) is 26.2 Å². The predicted molar refractivity (Wildman–Crippen MR) is 90.8 cm³/mol. The Labute approximate surface area is 146 Å². The van der Waals surface area contributed by atoms with Crippen LogP contribution in [0.15, 0.2) is 41.0 Å². The first-order valence-corrected chi connectivity index (χ1v) is 8.00. The molecule has 0 saturated heterocycles. The van der Waals surface area contributed by atoms with Crippen LogP contribution in [0.25, 0.3) is 0 Å². The number of nitrogens with one attached hydrogen (secondary N) is 2. The van der Waals surface area contributed by atoms with Gasteiger partial charge in [-0.25, -0.2) is 4.79 Å². The van der Waals surface area contributed by atoms with E-state index >= 15 is 0 Å². The molecule has 0 radical (unpaired) electrons. The van der Waals surface area contributed by atoms with Gasteiger partial charge < -0.3 is 15.0 Å². The van der Waals surface area contributed by atoms with Gasteiger partial charge in [-0.2, -0.15) is 0 Å². The van der Waals surface area contributed by atoms with Crippen molar-refractivity contribution in [2.45, 2.75) is 13.0 Å². The van der Waals surface area contributed by atoms with Gasteiger partial charge in [0.15, 0.2) is 6.10 Å². The number of rotatable bonds is 3. The molecule has 1 aliphatic rings. The van der Waals surface area contributed by atoms with Crippen molar-refractivity contribution in [3.05, 3.63) is 46.7 Å². The standard InChI is InChI=1S/C16H14BrN3O4/c1-9(24-16(23)12-6-10(17)7-18-12)15(22)20-8-14(21)19-11-4-2-3-5-13(11)20/h2-7,9,18H,8H2,1H3,(H,19,21). The zero-order chi connectivity index (χ0) is 17.3. The van der Waals surface area contributed by atoms with Crippen LogP contribution in [0.4, 0.5) is 11.4 Å². The molecule has 2 N–H and O–H groups in total. The lowest BCUT2D eigenvalue weighted by Crippen LogP contribution is -2.47. The number of esters is 1. The number of anilines is 2. The number of aromatic nitrogens is 1. The van der Waals surface area contributed by atoms with E-state index in [4.69, 9.17) is 4.74 Å².